The molecular weight excluding hydrogens is 436 g/mol. The second-order valence-electron chi connectivity index (χ2n) is 7.64. The lowest BCUT2D eigenvalue weighted by atomic mass is 10.1. The Morgan fingerprint density at radius 3 is 2.52 bits per heavy atom. The van der Waals surface area contributed by atoms with Crippen molar-refractivity contribution in [2.24, 2.45) is 0 Å². The Bertz CT molecular complexity index is 1190. The molecule has 4 aromatic rings. The predicted molar refractivity (Wildman–Crippen MR) is 127 cm³/mol. The number of nitrogens with zero attached hydrogens (tertiary/aromatic N) is 3. The summed E-state index contributed by atoms with van der Waals surface area (Å²) >= 11 is 1.35. The van der Waals surface area contributed by atoms with E-state index in [-0.39, 0.29) is 17.8 Å². The third-order valence-electron chi connectivity index (χ3n) is 5.14. The first-order chi connectivity index (χ1) is 16.0. The average Bonchev–Trinajstić information content (AvgIpc) is 3.48. The molecule has 0 aliphatic carbocycles. The normalized spacial score (nSPS) is 11.8. The molecule has 0 aliphatic rings. The van der Waals surface area contributed by atoms with Gasteiger partial charge in [0.25, 0.3) is 0 Å². The number of aryl methyl sites for hydroxylation is 2. The molecule has 33 heavy (non-hydrogen) atoms. The zero-order valence-corrected chi connectivity index (χ0v) is 19.6. The molecule has 0 bridgehead atoms. The number of rotatable bonds is 9. The number of hydrogen-bond acceptors (Lipinski definition) is 6. The summed E-state index contributed by atoms with van der Waals surface area (Å²) in [5.74, 6) is 2.11. The van der Waals surface area contributed by atoms with Crippen molar-refractivity contribution in [1.29, 1.82) is 0 Å². The van der Waals surface area contributed by atoms with E-state index in [1.54, 1.807) is 12.3 Å². The molecule has 0 saturated carbocycles. The minimum absolute atomic E-state index is 0.104. The lowest BCUT2D eigenvalue weighted by Crippen LogP contribution is -2.30. The van der Waals surface area contributed by atoms with Crippen molar-refractivity contribution in [3.63, 3.8) is 0 Å². The number of thioether (sulfide) groups is 1. The molecule has 2 aromatic heterocycles. The minimum atomic E-state index is -0.376. The number of aromatic nitrogens is 3. The Morgan fingerprint density at radius 2 is 1.82 bits per heavy atom. The van der Waals surface area contributed by atoms with E-state index in [1.165, 1.54) is 11.8 Å². The summed E-state index contributed by atoms with van der Waals surface area (Å²) in [6, 6.07) is 19.5. The third-order valence-corrected chi connectivity index (χ3v) is 6.18. The van der Waals surface area contributed by atoms with E-state index in [1.807, 2.05) is 79.9 Å². The molecule has 0 aliphatic heterocycles. The van der Waals surface area contributed by atoms with E-state index in [4.69, 9.17) is 9.15 Å². The quantitative estimate of drug-likeness (QED) is 0.358. The first kappa shape index (κ1) is 22.7. The van der Waals surface area contributed by atoms with Gasteiger partial charge < -0.3 is 14.5 Å². The first-order valence-corrected chi connectivity index (χ1v) is 11.6. The molecule has 1 N–H and O–H groups in total. The van der Waals surface area contributed by atoms with Gasteiger partial charge in [-0.3, -0.25) is 9.36 Å². The number of furan rings is 1. The monoisotopic (exact) mass is 462 g/mol. The first-order valence-electron chi connectivity index (χ1n) is 10.7. The number of para-hydroxylation sites is 2. The number of carbonyl (C=O) groups is 1. The van der Waals surface area contributed by atoms with Gasteiger partial charge in [-0.25, -0.2) is 0 Å². The van der Waals surface area contributed by atoms with Crippen molar-refractivity contribution >= 4 is 17.7 Å². The number of amides is 1. The third kappa shape index (κ3) is 5.46. The zero-order valence-electron chi connectivity index (χ0n) is 18.8. The van der Waals surface area contributed by atoms with Crippen molar-refractivity contribution in [2.75, 3.05) is 0 Å². The van der Waals surface area contributed by atoms with E-state index in [0.29, 0.717) is 23.3 Å². The molecule has 8 heteroatoms. The molecule has 170 valence electrons. The number of carbonyl (C=O) groups excluding carboxylic acids is 1. The largest absolute Gasteiger partial charge is 0.485 e. The average molecular weight is 463 g/mol. The van der Waals surface area contributed by atoms with E-state index in [0.717, 1.165) is 22.6 Å². The number of nitrogens with one attached hydrogen (secondary N) is 1. The van der Waals surface area contributed by atoms with Crippen LogP contribution >= 0.6 is 11.8 Å². The highest BCUT2D eigenvalue weighted by Crippen LogP contribution is 2.28. The fourth-order valence-electron chi connectivity index (χ4n) is 3.41. The van der Waals surface area contributed by atoms with Crippen LogP contribution in [0.5, 0.6) is 5.75 Å². The standard InChI is InChI=1S/C25H26N4O3S/c1-17-9-7-10-18(2)23(17)32-16-22-27-28-25(29(22)20-11-5-4-6-12-20)33-19(3)24(30)26-15-21-13-8-14-31-21/h4-14,19H,15-16H2,1-3H3,(H,26,30)/t19-/m0/s1. The molecule has 0 radical (unpaired) electrons. The number of hydrogen-bond donors (Lipinski definition) is 1. The highest BCUT2D eigenvalue weighted by atomic mass is 32.2. The molecule has 4 rings (SSSR count). The summed E-state index contributed by atoms with van der Waals surface area (Å²) in [4.78, 5) is 12.6. The number of benzene rings is 2. The van der Waals surface area contributed by atoms with Crippen molar-refractivity contribution in [1.82, 2.24) is 20.1 Å². The van der Waals surface area contributed by atoms with Crippen LogP contribution in [0.4, 0.5) is 0 Å². The smallest absolute Gasteiger partial charge is 0.233 e. The van der Waals surface area contributed by atoms with Crippen molar-refractivity contribution in [2.45, 2.75) is 44.3 Å². The van der Waals surface area contributed by atoms with Crippen LogP contribution in [0.25, 0.3) is 5.69 Å². The van der Waals surface area contributed by atoms with Gasteiger partial charge in [0.15, 0.2) is 11.0 Å². The van der Waals surface area contributed by atoms with Crippen LogP contribution in [0.15, 0.2) is 76.5 Å². The topological polar surface area (TPSA) is 82.2 Å². The molecule has 0 spiro atoms. The summed E-state index contributed by atoms with van der Waals surface area (Å²) in [5.41, 5.74) is 3.04. The molecule has 7 nitrogen and oxygen atoms in total. The highest BCUT2D eigenvalue weighted by Gasteiger charge is 2.21. The minimum Gasteiger partial charge on any atom is -0.485 e. The van der Waals surface area contributed by atoms with E-state index in [2.05, 4.69) is 15.5 Å². The maximum absolute atomic E-state index is 12.6. The van der Waals surface area contributed by atoms with E-state index in [9.17, 15) is 4.79 Å². The fraction of sp³-hybridized carbons (Fsp3) is 0.240. The van der Waals surface area contributed by atoms with Gasteiger partial charge in [-0.15, -0.1) is 10.2 Å². The molecule has 1 atom stereocenters. The van der Waals surface area contributed by atoms with Crippen LogP contribution in [0, 0.1) is 13.8 Å². The zero-order chi connectivity index (χ0) is 23.2. The fourth-order valence-corrected chi connectivity index (χ4v) is 4.32. The summed E-state index contributed by atoms with van der Waals surface area (Å²) in [6.07, 6.45) is 1.59. The van der Waals surface area contributed by atoms with Crippen LogP contribution in [-0.2, 0) is 17.9 Å². The van der Waals surface area contributed by atoms with Gasteiger partial charge in [0.1, 0.15) is 18.1 Å². The Hall–Kier alpha value is -3.52. The SMILES string of the molecule is Cc1cccc(C)c1OCc1nnc(S[C@@H](C)C(=O)NCc2ccco2)n1-c1ccccc1. The summed E-state index contributed by atoms with van der Waals surface area (Å²) in [5, 5.41) is 11.9. The Morgan fingerprint density at radius 1 is 1.06 bits per heavy atom. The molecule has 1 amide bonds. The maximum atomic E-state index is 12.6. The van der Waals surface area contributed by atoms with Crippen molar-refractivity contribution in [3.05, 3.63) is 89.6 Å². The molecular formula is C25H26N4O3S. The van der Waals surface area contributed by atoms with Crippen molar-refractivity contribution < 1.29 is 13.9 Å². The van der Waals surface area contributed by atoms with Gasteiger partial charge in [0, 0.05) is 5.69 Å². The summed E-state index contributed by atoms with van der Waals surface area (Å²) in [7, 11) is 0. The number of ether oxygens (including phenoxy) is 1. The van der Waals surface area contributed by atoms with E-state index < -0.39 is 0 Å². The summed E-state index contributed by atoms with van der Waals surface area (Å²) < 4.78 is 13.4. The lowest BCUT2D eigenvalue weighted by Gasteiger charge is -2.15. The molecule has 0 saturated heterocycles. The second kappa shape index (κ2) is 10.4. The van der Waals surface area contributed by atoms with Gasteiger partial charge in [0.05, 0.1) is 18.1 Å². The van der Waals surface area contributed by atoms with Gasteiger partial charge in [-0.1, -0.05) is 48.2 Å². The van der Waals surface area contributed by atoms with Gasteiger partial charge in [0.2, 0.25) is 5.91 Å². The predicted octanol–water partition coefficient (Wildman–Crippen LogP) is 4.85. The highest BCUT2D eigenvalue weighted by molar-refractivity contribution is 8.00. The molecule has 2 heterocycles. The van der Waals surface area contributed by atoms with E-state index >= 15 is 0 Å². The van der Waals surface area contributed by atoms with Crippen LogP contribution in [0.2, 0.25) is 0 Å². The molecule has 0 fully saturated rings. The Labute approximate surface area is 197 Å². The maximum Gasteiger partial charge on any atom is 0.233 e. The van der Waals surface area contributed by atoms with Gasteiger partial charge in [-0.2, -0.15) is 0 Å². The van der Waals surface area contributed by atoms with Crippen LogP contribution in [0.3, 0.4) is 0 Å². The van der Waals surface area contributed by atoms with Crippen molar-refractivity contribution in [3.8, 4) is 11.4 Å². The van der Waals surface area contributed by atoms with Crippen LogP contribution in [0.1, 0.15) is 29.6 Å². The molecule has 0 unspecified atom stereocenters. The Balaban J connectivity index is 1.53. The van der Waals surface area contributed by atoms with Gasteiger partial charge in [-0.05, 0) is 56.2 Å². The second-order valence-corrected chi connectivity index (χ2v) is 8.94. The van der Waals surface area contributed by atoms with Gasteiger partial charge >= 0.3 is 0 Å². The molecule has 2 aromatic carbocycles. The van der Waals surface area contributed by atoms with Crippen LogP contribution in [-0.4, -0.2) is 25.9 Å². The summed E-state index contributed by atoms with van der Waals surface area (Å²) in [6.45, 7) is 6.49. The van der Waals surface area contributed by atoms with Crippen LogP contribution < -0.4 is 10.1 Å². The lowest BCUT2D eigenvalue weighted by molar-refractivity contribution is -0.120. The Kier molecular flexibility index (Phi) is 7.14.